The number of piperazine rings is 1. The van der Waals surface area contributed by atoms with E-state index in [1.165, 1.54) is 0 Å². The van der Waals surface area contributed by atoms with E-state index in [-0.39, 0.29) is 24.5 Å². The number of rotatable bonds is 5. The van der Waals surface area contributed by atoms with E-state index in [0.717, 1.165) is 12.8 Å². The number of hydrogen-bond donors (Lipinski definition) is 3. The first kappa shape index (κ1) is 15.6. The number of carbonyl (C=O) groups excluding carboxylic acids is 2. The van der Waals surface area contributed by atoms with Crippen LogP contribution in [0.2, 0.25) is 0 Å². The first-order valence-electron chi connectivity index (χ1n) is 7.25. The van der Waals surface area contributed by atoms with Gasteiger partial charge in [0.15, 0.2) is 0 Å². The summed E-state index contributed by atoms with van der Waals surface area (Å²) in [6.45, 7) is 3.66. The molecule has 0 aromatic carbocycles. The third-order valence-electron chi connectivity index (χ3n) is 3.68. The Labute approximate surface area is 123 Å². The molecule has 3 amide bonds. The van der Waals surface area contributed by atoms with E-state index < -0.39 is 12.0 Å². The van der Waals surface area contributed by atoms with Crippen molar-refractivity contribution < 1.29 is 19.5 Å². The number of hydrogen-bond acceptors (Lipinski definition) is 4. The minimum Gasteiger partial charge on any atom is -0.480 e. The fourth-order valence-corrected chi connectivity index (χ4v) is 2.20. The van der Waals surface area contributed by atoms with Crippen LogP contribution in [0.1, 0.15) is 19.8 Å². The molecule has 8 heteroatoms. The second-order valence-corrected chi connectivity index (χ2v) is 5.61. The van der Waals surface area contributed by atoms with Crippen molar-refractivity contribution in [2.24, 2.45) is 0 Å². The maximum atomic E-state index is 12.0. The van der Waals surface area contributed by atoms with Crippen LogP contribution in [0.15, 0.2) is 0 Å². The van der Waals surface area contributed by atoms with E-state index in [4.69, 9.17) is 5.11 Å². The lowest BCUT2D eigenvalue weighted by atomic mass is 10.3. The zero-order chi connectivity index (χ0) is 15.4. The standard InChI is InChI=1S/C13H22N4O4/c1-9(12(20)15-10-2-3-10)14-13(21)17-6-4-16(5-7-17)8-11(18)19/h9-10H,2-8H2,1H3,(H,14,21)(H,15,20)(H,18,19). The van der Waals surface area contributed by atoms with Gasteiger partial charge in [-0.05, 0) is 19.8 Å². The summed E-state index contributed by atoms with van der Waals surface area (Å²) in [7, 11) is 0. The molecule has 2 aliphatic rings. The van der Waals surface area contributed by atoms with Crippen LogP contribution in [-0.4, -0.2) is 77.6 Å². The molecular weight excluding hydrogens is 276 g/mol. The lowest BCUT2D eigenvalue weighted by Crippen LogP contribution is -2.55. The molecule has 1 aliphatic heterocycles. The Bertz CT molecular complexity index is 416. The van der Waals surface area contributed by atoms with Gasteiger partial charge in [0.2, 0.25) is 5.91 Å². The van der Waals surface area contributed by atoms with Crippen LogP contribution in [-0.2, 0) is 9.59 Å². The first-order chi connectivity index (χ1) is 9.95. The van der Waals surface area contributed by atoms with E-state index in [1.807, 2.05) is 0 Å². The number of carboxylic acid groups (broad SMARTS) is 1. The average Bonchev–Trinajstić information content (AvgIpc) is 3.22. The van der Waals surface area contributed by atoms with Gasteiger partial charge in [0.1, 0.15) is 6.04 Å². The zero-order valence-corrected chi connectivity index (χ0v) is 12.2. The van der Waals surface area contributed by atoms with E-state index >= 15 is 0 Å². The molecule has 1 atom stereocenters. The minimum absolute atomic E-state index is 0.00431. The van der Waals surface area contributed by atoms with Gasteiger partial charge in [-0.1, -0.05) is 0 Å². The molecule has 3 N–H and O–H groups in total. The monoisotopic (exact) mass is 298 g/mol. The SMILES string of the molecule is CC(NC(=O)N1CCN(CC(=O)O)CC1)C(=O)NC1CC1. The van der Waals surface area contributed by atoms with Crippen molar-refractivity contribution >= 4 is 17.9 Å². The number of nitrogens with zero attached hydrogens (tertiary/aromatic N) is 2. The topological polar surface area (TPSA) is 102 Å². The number of carboxylic acids is 1. The molecule has 1 unspecified atom stereocenters. The Morgan fingerprint density at radius 2 is 1.81 bits per heavy atom. The van der Waals surface area contributed by atoms with Crippen LogP contribution in [0, 0.1) is 0 Å². The highest BCUT2D eigenvalue weighted by atomic mass is 16.4. The van der Waals surface area contributed by atoms with Crippen LogP contribution in [0.4, 0.5) is 4.79 Å². The van der Waals surface area contributed by atoms with Gasteiger partial charge in [0.05, 0.1) is 6.54 Å². The van der Waals surface area contributed by atoms with Crippen molar-refractivity contribution in [2.45, 2.75) is 31.8 Å². The molecule has 2 fully saturated rings. The van der Waals surface area contributed by atoms with Gasteiger partial charge >= 0.3 is 12.0 Å². The van der Waals surface area contributed by atoms with Gasteiger partial charge in [0.25, 0.3) is 0 Å². The number of nitrogens with one attached hydrogen (secondary N) is 2. The van der Waals surface area contributed by atoms with E-state index in [1.54, 1.807) is 16.7 Å². The van der Waals surface area contributed by atoms with Crippen molar-refractivity contribution in [1.82, 2.24) is 20.4 Å². The molecule has 1 saturated heterocycles. The molecule has 118 valence electrons. The van der Waals surface area contributed by atoms with Gasteiger partial charge in [0, 0.05) is 32.2 Å². The van der Waals surface area contributed by atoms with Crippen LogP contribution in [0.25, 0.3) is 0 Å². The Morgan fingerprint density at radius 3 is 2.33 bits per heavy atom. The summed E-state index contributed by atoms with van der Waals surface area (Å²) >= 11 is 0. The molecule has 0 spiro atoms. The van der Waals surface area contributed by atoms with Gasteiger partial charge in [-0.3, -0.25) is 14.5 Å². The molecule has 0 aromatic rings. The molecule has 1 aliphatic carbocycles. The highest BCUT2D eigenvalue weighted by molar-refractivity contribution is 5.87. The molecule has 1 heterocycles. The summed E-state index contributed by atoms with van der Waals surface area (Å²) in [5.74, 6) is -1.02. The fraction of sp³-hybridized carbons (Fsp3) is 0.769. The van der Waals surface area contributed by atoms with E-state index in [0.29, 0.717) is 26.2 Å². The Kier molecular flexibility index (Phi) is 5.00. The molecule has 0 bridgehead atoms. The summed E-state index contributed by atoms with van der Waals surface area (Å²) in [5.41, 5.74) is 0. The van der Waals surface area contributed by atoms with Gasteiger partial charge in [-0.25, -0.2) is 4.79 Å². The normalized spacial score (nSPS) is 20.7. The summed E-state index contributed by atoms with van der Waals surface area (Å²) in [4.78, 5) is 37.8. The van der Waals surface area contributed by atoms with Crippen molar-refractivity contribution in [2.75, 3.05) is 32.7 Å². The lowest BCUT2D eigenvalue weighted by molar-refractivity contribution is -0.138. The number of carbonyl (C=O) groups is 3. The van der Waals surface area contributed by atoms with Gasteiger partial charge in [-0.15, -0.1) is 0 Å². The predicted octanol–water partition coefficient (Wildman–Crippen LogP) is -0.935. The molecule has 21 heavy (non-hydrogen) atoms. The lowest BCUT2D eigenvalue weighted by Gasteiger charge is -2.34. The van der Waals surface area contributed by atoms with E-state index in [9.17, 15) is 14.4 Å². The van der Waals surface area contributed by atoms with Crippen molar-refractivity contribution in [3.8, 4) is 0 Å². The summed E-state index contributed by atoms with van der Waals surface area (Å²) in [6.07, 6.45) is 2.02. The second-order valence-electron chi connectivity index (χ2n) is 5.61. The Balaban J connectivity index is 1.71. The number of amides is 3. The molecule has 2 rings (SSSR count). The highest BCUT2D eigenvalue weighted by Gasteiger charge is 2.28. The summed E-state index contributed by atoms with van der Waals surface area (Å²) in [5, 5.41) is 14.2. The Hall–Kier alpha value is -1.83. The Morgan fingerprint density at radius 1 is 1.19 bits per heavy atom. The third kappa shape index (κ3) is 4.89. The number of aliphatic carboxylic acids is 1. The predicted molar refractivity (Wildman–Crippen MR) is 74.8 cm³/mol. The largest absolute Gasteiger partial charge is 0.480 e. The highest BCUT2D eigenvalue weighted by Crippen LogP contribution is 2.18. The quantitative estimate of drug-likeness (QED) is 0.608. The number of urea groups is 1. The van der Waals surface area contributed by atoms with Gasteiger partial charge in [-0.2, -0.15) is 0 Å². The average molecular weight is 298 g/mol. The summed E-state index contributed by atoms with van der Waals surface area (Å²) in [6, 6.07) is -0.560. The van der Waals surface area contributed by atoms with Crippen LogP contribution >= 0.6 is 0 Å². The maximum absolute atomic E-state index is 12.0. The van der Waals surface area contributed by atoms with Crippen LogP contribution in [0.3, 0.4) is 0 Å². The molecule has 1 saturated carbocycles. The van der Waals surface area contributed by atoms with Crippen LogP contribution < -0.4 is 10.6 Å². The molecule has 8 nitrogen and oxygen atoms in total. The van der Waals surface area contributed by atoms with Crippen molar-refractivity contribution in [1.29, 1.82) is 0 Å². The van der Waals surface area contributed by atoms with Gasteiger partial charge < -0.3 is 20.6 Å². The first-order valence-corrected chi connectivity index (χ1v) is 7.25. The minimum atomic E-state index is -0.863. The van der Waals surface area contributed by atoms with E-state index in [2.05, 4.69) is 10.6 Å². The molecule has 0 aromatic heterocycles. The van der Waals surface area contributed by atoms with Crippen molar-refractivity contribution in [3.63, 3.8) is 0 Å². The summed E-state index contributed by atoms with van der Waals surface area (Å²) < 4.78 is 0. The molecule has 0 radical (unpaired) electrons. The zero-order valence-electron chi connectivity index (χ0n) is 12.2. The second kappa shape index (κ2) is 6.75. The van der Waals surface area contributed by atoms with Crippen LogP contribution in [0.5, 0.6) is 0 Å². The third-order valence-corrected chi connectivity index (χ3v) is 3.68. The van der Waals surface area contributed by atoms with Crippen molar-refractivity contribution in [3.05, 3.63) is 0 Å². The maximum Gasteiger partial charge on any atom is 0.318 e. The smallest absolute Gasteiger partial charge is 0.318 e. The molecular formula is C13H22N4O4. The fourth-order valence-electron chi connectivity index (χ4n) is 2.20.